The number of fused-ring (bicyclic) bond motifs is 1. The Morgan fingerprint density at radius 1 is 1.14 bits per heavy atom. The van der Waals surface area contributed by atoms with Crippen LogP contribution in [0.4, 0.5) is 4.39 Å². The highest BCUT2D eigenvalue weighted by atomic mass is 19.1. The lowest BCUT2D eigenvalue weighted by Crippen LogP contribution is -2.17. The quantitative estimate of drug-likeness (QED) is 0.926. The molecule has 2 aromatic carbocycles. The smallest absolute Gasteiger partial charge is 0.165 e. The van der Waals surface area contributed by atoms with Gasteiger partial charge in [-0.15, -0.1) is 0 Å². The van der Waals surface area contributed by atoms with E-state index in [0.29, 0.717) is 18.1 Å². The van der Waals surface area contributed by atoms with Gasteiger partial charge in [0.25, 0.3) is 0 Å². The zero-order valence-electron chi connectivity index (χ0n) is 11.9. The van der Waals surface area contributed by atoms with Crippen LogP contribution in [0.25, 0.3) is 0 Å². The van der Waals surface area contributed by atoms with Crippen LogP contribution in [0.1, 0.15) is 35.4 Å². The first-order valence-electron chi connectivity index (χ1n) is 7.38. The molecule has 1 unspecified atom stereocenters. The molecule has 1 N–H and O–H groups in total. The van der Waals surface area contributed by atoms with E-state index in [1.165, 1.54) is 17.2 Å². The van der Waals surface area contributed by atoms with Crippen molar-refractivity contribution >= 4 is 0 Å². The van der Waals surface area contributed by atoms with Gasteiger partial charge in [0.1, 0.15) is 0 Å². The van der Waals surface area contributed by atoms with Gasteiger partial charge in [-0.05, 0) is 36.5 Å². The number of benzene rings is 2. The molecular weight excluding hydrogens is 267 g/mol. The van der Waals surface area contributed by atoms with E-state index >= 15 is 0 Å². The summed E-state index contributed by atoms with van der Waals surface area (Å²) in [6, 6.07) is 13.0. The lowest BCUT2D eigenvalue weighted by atomic mass is 9.83. The summed E-state index contributed by atoms with van der Waals surface area (Å²) in [6.07, 6.45) is 3.29. The maximum atomic E-state index is 13.9. The van der Waals surface area contributed by atoms with E-state index < -0.39 is 5.82 Å². The fraction of sp³-hybridized carbons (Fsp3) is 0.333. The van der Waals surface area contributed by atoms with Crippen molar-refractivity contribution in [1.29, 1.82) is 0 Å². The number of para-hydroxylation sites is 1. The van der Waals surface area contributed by atoms with Crippen molar-refractivity contribution in [2.45, 2.75) is 31.8 Å². The minimum atomic E-state index is -0.411. The van der Waals surface area contributed by atoms with Crippen molar-refractivity contribution in [3.63, 3.8) is 0 Å². The third-order valence-electron chi connectivity index (χ3n) is 4.14. The average molecular weight is 286 g/mol. The van der Waals surface area contributed by atoms with Gasteiger partial charge in [0.15, 0.2) is 11.6 Å². The Morgan fingerprint density at radius 2 is 2.00 bits per heavy atom. The Morgan fingerprint density at radius 3 is 2.86 bits per heavy atom. The SMILES string of the molecule is OCc1cccc(F)c1OCC1CCCc2ccccc21. The van der Waals surface area contributed by atoms with Gasteiger partial charge in [0, 0.05) is 11.5 Å². The summed E-state index contributed by atoms with van der Waals surface area (Å²) in [4.78, 5) is 0. The Hall–Kier alpha value is -1.87. The van der Waals surface area contributed by atoms with Crippen molar-refractivity contribution in [3.8, 4) is 5.75 Å². The van der Waals surface area contributed by atoms with Crippen LogP contribution in [0.2, 0.25) is 0 Å². The number of rotatable bonds is 4. The first kappa shape index (κ1) is 14.1. The molecule has 0 radical (unpaired) electrons. The maximum absolute atomic E-state index is 13.9. The van der Waals surface area contributed by atoms with Crippen molar-refractivity contribution in [3.05, 3.63) is 65.0 Å². The van der Waals surface area contributed by atoms with Gasteiger partial charge >= 0.3 is 0 Å². The van der Waals surface area contributed by atoms with Crippen LogP contribution in [-0.4, -0.2) is 11.7 Å². The molecule has 21 heavy (non-hydrogen) atoms. The molecule has 1 aliphatic carbocycles. The molecule has 2 aromatic rings. The molecule has 0 amide bonds. The second-order valence-corrected chi connectivity index (χ2v) is 5.49. The minimum absolute atomic E-state index is 0.183. The molecular formula is C18H19FO2. The lowest BCUT2D eigenvalue weighted by Gasteiger charge is -2.26. The first-order valence-corrected chi connectivity index (χ1v) is 7.38. The third kappa shape index (κ3) is 2.93. The van der Waals surface area contributed by atoms with Crippen LogP contribution in [0.5, 0.6) is 5.75 Å². The molecule has 0 saturated heterocycles. The van der Waals surface area contributed by atoms with Gasteiger partial charge < -0.3 is 9.84 Å². The predicted octanol–water partition coefficient (Wildman–Crippen LogP) is 3.82. The average Bonchev–Trinajstić information content (AvgIpc) is 2.53. The van der Waals surface area contributed by atoms with Crippen LogP contribution in [0.3, 0.4) is 0 Å². The van der Waals surface area contributed by atoms with E-state index in [4.69, 9.17) is 4.74 Å². The number of hydrogen-bond acceptors (Lipinski definition) is 2. The monoisotopic (exact) mass is 286 g/mol. The zero-order valence-corrected chi connectivity index (χ0v) is 11.9. The van der Waals surface area contributed by atoms with Crippen LogP contribution in [-0.2, 0) is 13.0 Å². The van der Waals surface area contributed by atoms with Crippen molar-refractivity contribution < 1.29 is 14.2 Å². The van der Waals surface area contributed by atoms with E-state index in [1.54, 1.807) is 12.1 Å². The second-order valence-electron chi connectivity index (χ2n) is 5.49. The van der Waals surface area contributed by atoms with Crippen LogP contribution >= 0.6 is 0 Å². The predicted molar refractivity (Wildman–Crippen MR) is 79.9 cm³/mol. The summed E-state index contributed by atoms with van der Waals surface area (Å²) in [5.41, 5.74) is 3.18. The van der Waals surface area contributed by atoms with E-state index in [2.05, 4.69) is 18.2 Å². The summed E-state index contributed by atoms with van der Waals surface area (Å²) < 4.78 is 19.6. The summed E-state index contributed by atoms with van der Waals surface area (Å²) in [6.45, 7) is 0.235. The van der Waals surface area contributed by atoms with Gasteiger partial charge in [0.05, 0.1) is 13.2 Å². The molecule has 0 aliphatic heterocycles. The summed E-state index contributed by atoms with van der Waals surface area (Å²) in [7, 11) is 0. The molecule has 0 bridgehead atoms. The van der Waals surface area contributed by atoms with Gasteiger partial charge in [-0.1, -0.05) is 36.4 Å². The van der Waals surface area contributed by atoms with E-state index in [0.717, 1.165) is 19.3 Å². The maximum Gasteiger partial charge on any atom is 0.165 e. The molecule has 110 valence electrons. The molecule has 1 atom stereocenters. The Bertz CT molecular complexity index is 624. The number of aliphatic hydroxyl groups is 1. The fourth-order valence-corrected chi connectivity index (χ4v) is 3.05. The van der Waals surface area contributed by atoms with Crippen LogP contribution in [0, 0.1) is 5.82 Å². The molecule has 0 aromatic heterocycles. The topological polar surface area (TPSA) is 29.5 Å². The first-order chi connectivity index (χ1) is 10.3. The van der Waals surface area contributed by atoms with E-state index in [9.17, 15) is 9.50 Å². The number of hydrogen-bond donors (Lipinski definition) is 1. The standard InChI is InChI=1S/C18H19FO2/c19-17-10-4-7-14(11-20)18(17)21-12-15-8-3-6-13-5-1-2-9-16(13)15/h1-2,4-5,7,9-10,15,20H,3,6,8,11-12H2. The van der Waals surface area contributed by atoms with Gasteiger partial charge in [-0.25, -0.2) is 4.39 Å². The Balaban J connectivity index is 1.78. The lowest BCUT2D eigenvalue weighted by molar-refractivity contribution is 0.240. The number of aryl methyl sites for hydroxylation is 1. The molecule has 3 heteroatoms. The third-order valence-corrected chi connectivity index (χ3v) is 4.14. The highest BCUT2D eigenvalue weighted by Crippen LogP contribution is 2.33. The molecule has 0 fully saturated rings. The van der Waals surface area contributed by atoms with Gasteiger partial charge in [0.2, 0.25) is 0 Å². The Kier molecular flexibility index (Phi) is 4.20. The van der Waals surface area contributed by atoms with Gasteiger partial charge in [-0.3, -0.25) is 0 Å². The molecule has 0 spiro atoms. The largest absolute Gasteiger partial charge is 0.489 e. The molecule has 0 saturated carbocycles. The van der Waals surface area contributed by atoms with E-state index in [-0.39, 0.29) is 12.4 Å². The summed E-state index contributed by atoms with van der Waals surface area (Å²) >= 11 is 0. The number of ether oxygens (including phenoxy) is 1. The zero-order chi connectivity index (χ0) is 14.7. The van der Waals surface area contributed by atoms with Crippen LogP contribution < -0.4 is 4.74 Å². The minimum Gasteiger partial charge on any atom is -0.489 e. The van der Waals surface area contributed by atoms with E-state index in [1.807, 2.05) is 6.07 Å². The molecule has 3 rings (SSSR count). The summed E-state index contributed by atoms with van der Waals surface area (Å²) in [5.74, 6) is 0.0646. The van der Waals surface area contributed by atoms with Crippen molar-refractivity contribution in [2.24, 2.45) is 0 Å². The highest BCUT2D eigenvalue weighted by molar-refractivity contribution is 5.36. The second kappa shape index (κ2) is 6.27. The number of halogens is 1. The Labute approximate surface area is 124 Å². The highest BCUT2D eigenvalue weighted by Gasteiger charge is 2.21. The van der Waals surface area contributed by atoms with Crippen molar-refractivity contribution in [1.82, 2.24) is 0 Å². The van der Waals surface area contributed by atoms with Crippen LogP contribution in [0.15, 0.2) is 42.5 Å². The van der Waals surface area contributed by atoms with Crippen molar-refractivity contribution in [2.75, 3.05) is 6.61 Å². The molecule has 2 nitrogen and oxygen atoms in total. The van der Waals surface area contributed by atoms with Gasteiger partial charge in [-0.2, -0.15) is 0 Å². The molecule has 0 heterocycles. The molecule has 1 aliphatic rings. The number of aliphatic hydroxyl groups excluding tert-OH is 1. The normalized spacial score (nSPS) is 17.3. The summed E-state index contributed by atoms with van der Waals surface area (Å²) in [5, 5.41) is 9.29. The fourth-order valence-electron chi connectivity index (χ4n) is 3.05.